The fraction of sp³-hybridized carbons (Fsp3) is 0.417. The molecule has 2 rings (SSSR count). The van der Waals surface area contributed by atoms with Gasteiger partial charge >= 0.3 is 5.97 Å². The highest BCUT2D eigenvalue weighted by Gasteiger charge is 2.32. The summed E-state index contributed by atoms with van der Waals surface area (Å²) in [5.74, 6) is -1.02. The van der Waals surface area contributed by atoms with Crippen molar-refractivity contribution in [1.29, 1.82) is 0 Å². The van der Waals surface area contributed by atoms with E-state index in [2.05, 4.69) is 0 Å². The molecule has 86 valence electrons. The molecule has 16 heavy (non-hydrogen) atoms. The van der Waals surface area contributed by atoms with Crippen LogP contribution in [-0.4, -0.2) is 24.0 Å². The first-order valence-corrected chi connectivity index (χ1v) is 5.32. The van der Waals surface area contributed by atoms with Crippen LogP contribution in [-0.2, 0) is 4.74 Å². The SMILES string of the molecule is O=Cc1ccc(OC2(O)CCCCO2)cc1. The van der Waals surface area contributed by atoms with Crippen LogP contribution in [0, 0.1) is 0 Å². The minimum atomic E-state index is -1.51. The smallest absolute Gasteiger partial charge is 0.324 e. The molecule has 1 heterocycles. The zero-order valence-electron chi connectivity index (χ0n) is 8.89. The lowest BCUT2D eigenvalue weighted by atomic mass is 10.2. The van der Waals surface area contributed by atoms with Crippen LogP contribution in [0.5, 0.6) is 5.75 Å². The maximum Gasteiger partial charge on any atom is 0.324 e. The Balaban J connectivity index is 2.04. The summed E-state index contributed by atoms with van der Waals surface area (Å²) in [6.07, 6.45) is 3.04. The number of ether oxygens (including phenoxy) is 2. The summed E-state index contributed by atoms with van der Waals surface area (Å²) in [6.45, 7) is 0.503. The van der Waals surface area contributed by atoms with Gasteiger partial charge in [-0.1, -0.05) is 0 Å². The Morgan fingerprint density at radius 2 is 2.06 bits per heavy atom. The summed E-state index contributed by atoms with van der Waals surface area (Å²) in [5, 5.41) is 9.94. The molecule has 0 saturated carbocycles. The molecule has 1 N–H and O–H groups in total. The Morgan fingerprint density at radius 3 is 2.62 bits per heavy atom. The van der Waals surface area contributed by atoms with E-state index in [1.165, 1.54) is 0 Å². The molecular weight excluding hydrogens is 208 g/mol. The molecule has 1 saturated heterocycles. The molecule has 0 spiro atoms. The maximum absolute atomic E-state index is 10.5. The van der Waals surface area contributed by atoms with Crippen LogP contribution in [0.15, 0.2) is 24.3 Å². The molecule has 1 aliphatic rings. The normalized spacial score (nSPS) is 25.1. The Morgan fingerprint density at radius 1 is 1.31 bits per heavy atom. The van der Waals surface area contributed by atoms with Gasteiger partial charge in [0.05, 0.1) is 6.61 Å². The minimum absolute atomic E-state index is 0.461. The monoisotopic (exact) mass is 222 g/mol. The van der Waals surface area contributed by atoms with Crippen LogP contribution in [0.1, 0.15) is 29.6 Å². The highest BCUT2D eigenvalue weighted by atomic mass is 16.8. The van der Waals surface area contributed by atoms with Gasteiger partial charge in [-0.3, -0.25) is 4.79 Å². The summed E-state index contributed by atoms with van der Waals surface area (Å²) in [6, 6.07) is 6.54. The number of carbonyl (C=O) groups is 1. The number of aldehydes is 1. The fourth-order valence-electron chi connectivity index (χ4n) is 1.63. The second-order valence-corrected chi connectivity index (χ2v) is 3.81. The van der Waals surface area contributed by atoms with E-state index < -0.39 is 5.97 Å². The molecule has 1 atom stereocenters. The van der Waals surface area contributed by atoms with Crippen molar-refractivity contribution in [3.05, 3.63) is 29.8 Å². The Hall–Kier alpha value is -1.39. The first-order valence-electron chi connectivity index (χ1n) is 5.32. The molecule has 1 aromatic rings. The highest BCUT2D eigenvalue weighted by molar-refractivity contribution is 5.74. The first-order chi connectivity index (χ1) is 7.72. The van der Waals surface area contributed by atoms with Crippen molar-refractivity contribution in [2.24, 2.45) is 0 Å². The zero-order chi connectivity index (χ0) is 11.4. The third-order valence-electron chi connectivity index (χ3n) is 2.51. The van der Waals surface area contributed by atoms with Crippen LogP contribution in [0.2, 0.25) is 0 Å². The van der Waals surface area contributed by atoms with E-state index in [1.54, 1.807) is 24.3 Å². The van der Waals surface area contributed by atoms with Crippen LogP contribution in [0.3, 0.4) is 0 Å². The van der Waals surface area contributed by atoms with E-state index in [1.807, 2.05) is 0 Å². The molecule has 0 aromatic heterocycles. The van der Waals surface area contributed by atoms with Crippen LogP contribution >= 0.6 is 0 Å². The predicted octanol–water partition coefficient (Wildman–Crippen LogP) is 1.72. The predicted molar refractivity (Wildman–Crippen MR) is 57.2 cm³/mol. The van der Waals surface area contributed by atoms with Gasteiger partial charge in [0.15, 0.2) is 0 Å². The van der Waals surface area contributed by atoms with Crippen LogP contribution in [0.4, 0.5) is 0 Å². The molecule has 1 aromatic carbocycles. The van der Waals surface area contributed by atoms with Crippen molar-refractivity contribution >= 4 is 6.29 Å². The van der Waals surface area contributed by atoms with Gasteiger partial charge < -0.3 is 14.6 Å². The van der Waals surface area contributed by atoms with Gasteiger partial charge in [0, 0.05) is 12.0 Å². The molecule has 1 fully saturated rings. The topological polar surface area (TPSA) is 55.8 Å². The van der Waals surface area contributed by atoms with Gasteiger partial charge in [-0.2, -0.15) is 0 Å². The lowest BCUT2D eigenvalue weighted by molar-refractivity contribution is -0.334. The molecule has 4 nitrogen and oxygen atoms in total. The van der Waals surface area contributed by atoms with Gasteiger partial charge in [0.2, 0.25) is 0 Å². The Bertz CT molecular complexity index is 352. The third kappa shape index (κ3) is 2.59. The van der Waals surface area contributed by atoms with E-state index in [-0.39, 0.29) is 0 Å². The molecule has 0 radical (unpaired) electrons. The minimum Gasteiger partial charge on any atom is -0.439 e. The van der Waals surface area contributed by atoms with Crippen molar-refractivity contribution in [2.75, 3.05) is 6.61 Å². The number of aliphatic hydroxyl groups is 1. The van der Waals surface area contributed by atoms with Crippen molar-refractivity contribution in [2.45, 2.75) is 25.2 Å². The summed E-state index contributed by atoms with van der Waals surface area (Å²) in [4.78, 5) is 10.5. The van der Waals surface area contributed by atoms with E-state index in [0.29, 0.717) is 24.3 Å². The van der Waals surface area contributed by atoms with E-state index in [4.69, 9.17) is 9.47 Å². The molecule has 1 aliphatic heterocycles. The molecular formula is C12H14O4. The first kappa shape index (κ1) is 11.1. The van der Waals surface area contributed by atoms with Crippen molar-refractivity contribution in [3.8, 4) is 5.75 Å². The quantitative estimate of drug-likeness (QED) is 0.625. The largest absolute Gasteiger partial charge is 0.439 e. The van der Waals surface area contributed by atoms with Gasteiger partial charge in [0.1, 0.15) is 12.0 Å². The summed E-state index contributed by atoms with van der Waals surface area (Å²) in [5.41, 5.74) is 0.573. The van der Waals surface area contributed by atoms with E-state index >= 15 is 0 Å². The zero-order valence-corrected chi connectivity index (χ0v) is 8.89. The Labute approximate surface area is 93.8 Å². The van der Waals surface area contributed by atoms with Gasteiger partial charge in [-0.25, -0.2) is 0 Å². The highest BCUT2D eigenvalue weighted by Crippen LogP contribution is 2.26. The maximum atomic E-state index is 10.5. The fourth-order valence-corrected chi connectivity index (χ4v) is 1.63. The standard InChI is InChI=1S/C12H14O4/c13-9-10-3-5-11(6-4-10)16-12(14)7-1-2-8-15-12/h3-6,9,14H,1-2,7-8H2. The second-order valence-electron chi connectivity index (χ2n) is 3.81. The summed E-state index contributed by atoms with van der Waals surface area (Å²) in [7, 11) is 0. The number of hydrogen-bond donors (Lipinski definition) is 1. The summed E-state index contributed by atoms with van der Waals surface area (Å²) < 4.78 is 10.5. The lowest BCUT2D eigenvalue weighted by Crippen LogP contribution is -2.41. The van der Waals surface area contributed by atoms with Gasteiger partial charge in [0.25, 0.3) is 0 Å². The summed E-state index contributed by atoms with van der Waals surface area (Å²) >= 11 is 0. The number of benzene rings is 1. The molecule has 1 unspecified atom stereocenters. The van der Waals surface area contributed by atoms with E-state index in [0.717, 1.165) is 19.1 Å². The lowest BCUT2D eigenvalue weighted by Gasteiger charge is -2.31. The van der Waals surface area contributed by atoms with Crippen LogP contribution < -0.4 is 4.74 Å². The molecule has 4 heteroatoms. The average molecular weight is 222 g/mol. The van der Waals surface area contributed by atoms with Crippen LogP contribution in [0.25, 0.3) is 0 Å². The Kier molecular flexibility index (Phi) is 3.22. The average Bonchev–Trinajstić information content (AvgIpc) is 2.30. The number of carbonyl (C=O) groups excluding carboxylic acids is 1. The molecule has 0 aliphatic carbocycles. The number of hydrogen-bond acceptors (Lipinski definition) is 4. The number of rotatable bonds is 3. The van der Waals surface area contributed by atoms with Gasteiger partial charge in [-0.15, -0.1) is 0 Å². The molecule has 0 bridgehead atoms. The van der Waals surface area contributed by atoms with Gasteiger partial charge in [-0.05, 0) is 37.1 Å². The van der Waals surface area contributed by atoms with E-state index in [9.17, 15) is 9.90 Å². The third-order valence-corrected chi connectivity index (χ3v) is 2.51. The van der Waals surface area contributed by atoms with Crippen molar-refractivity contribution in [1.82, 2.24) is 0 Å². The second kappa shape index (κ2) is 4.63. The van der Waals surface area contributed by atoms with Crippen molar-refractivity contribution < 1.29 is 19.4 Å². The van der Waals surface area contributed by atoms with Crippen molar-refractivity contribution in [3.63, 3.8) is 0 Å². The molecule has 0 amide bonds.